The van der Waals surface area contributed by atoms with Gasteiger partial charge in [0.1, 0.15) is 6.17 Å². The molecule has 1 fully saturated rings. The van der Waals surface area contributed by atoms with Crippen molar-refractivity contribution in [2.24, 2.45) is 11.7 Å². The zero-order valence-electron chi connectivity index (χ0n) is 5.10. The van der Waals surface area contributed by atoms with Gasteiger partial charge >= 0.3 is 0 Å². The van der Waals surface area contributed by atoms with Crippen LogP contribution >= 0.6 is 0 Å². The third-order valence-electron chi connectivity index (χ3n) is 1.70. The summed E-state index contributed by atoms with van der Waals surface area (Å²) in [4.78, 5) is 0. The Labute approximate surface area is 49.1 Å². The van der Waals surface area contributed by atoms with Gasteiger partial charge in [0.15, 0.2) is 0 Å². The number of halogens is 1. The second-order valence-corrected chi connectivity index (χ2v) is 2.59. The van der Waals surface area contributed by atoms with Gasteiger partial charge in [-0.05, 0) is 25.7 Å². The molecule has 1 rings (SSSR count). The first kappa shape index (κ1) is 6.02. The van der Waals surface area contributed by atoms with E-state index in [2.05, 4.69) is 0 Å². The largest absolute Gasteiger partial charge is 0.325 e. The SMILES string of the molecule is CC(F)C(N)C1CC1. The number of hydrogen-bond acceptors (Lipinski definition) is 1. The molecule has 0 radical (unpaired) electrons. The highest BCUT2D eigenvalue weighted by molar-refractivity contribution is 4.86. The molecular weight excluding hydrogens is 105 g/mol. The Morgan fingerprint density at radius 2 is 2.12 bits per heavy atom. The monoisotopic (exact) mass is 117 g/mol. The summed E-state index contributed by atoms with van der Waals surface area (Å²) in [5, 5.41) is 0. The average Bonchev–Trinajstić information content (AvgIpc) is 2.43. The minimum Gasteiger partial charge on any atom is -0.325 e. The van der Waals surface area contributed by atoms with Crippen LogP contribution in [-0.4, -0.2) is 12.2 Å². The molecule has 2 atom stereocenters. The first-order valence-electron chi connectivity index (χ1n) is 3.11. The Morgan fingerprint density at radius 3 is 2.25 bits per heavy atom. The topological polar surface area (TPSA) is 26.0 Å². The van der Waals surface area contributed by atoms with Gasteiger partial charge in [-0.3, -0.25) is 0 Å². The second-order valence-electron chi connectivity index (χ2n) is 2.59. The molecule has 2 unspecified atom stereocenters. The van der Waals surface area contributed by atoms with Crippen LogP contribution in [0.2, 0.25) is 0 Å². The first-order chi connectivity index (χ1) is 3.72. The van der Waals surface area contributed by atoms with Gasteiger partial charge in [-0.2, -0.15) is 0 Å². The van der Waals surface area contributed by atoms with Gasteiger partial charge < -0.3 is 5.73 Å². The lowest BCUT2D eigenvalue weighted by atomic mass is 10.1. The van der Waals surface area contributed by atoms with Crippen molar-refractivity contribution in [3.8, 4) is 0 Å². The van der Waals surface area contributed by atoms with E-state index >= 15 is 0 Å². The van der Waals surface area contributed by atoms with E-state index < -0.39 is 6.17 Å². The highest BCUT2D eigenvalue weighted by Gasteiger charge is 2.31. The van der Waals surface area contributed by atoms with E-state index in [4.69, 9.17) is 5.73 Å². The molecule has 0 heterocycles. The third-order valence-corrected chi connectivity index (χ3v) is 1.70. The van der Waals surface area contributed by atoms with Crippen LogP contribution in [0.4, 0.5) is 4.39 Å². The van der Waals surface area contributed by atoms with E-state index in [9.17, 15) is 4.39 Å². The molecule has 0 bridgehead atoms. The molecule has 1 aliphatic rings. The molecule has 0 aromatic rings. The number of rotatable bonds is 2. The van der Waals surface area contributed by atoms with Crippen LogP contribution < -0.4 is 5.73 Å². The normalized spacial score (nSPS) is 27.4. The zero-order valence-corrected chi connectivity index (χ0v) is 5.10. The van der Waals surface area contributed by atoms with E-state index in [0.29, 0.717) is 5.92 Å². The van der Waals surface area contributed by atoms with Crippen molar-refractivity contribution >= 4 is 0 Å². The standard InChI is InChI=1S/C6H12FN/c1-4(7)6(8)5-2-3-5/h4-6H,2-3,8H2,1H3. The maximum absolute atomic E-state index is 12.3. The summed E-state index contributed by atoms with van der Waals surface area (Å²) in [5.74, 6) is 0.495. The molecule has 0 saturated heterocycles. The fraction of sp³-hybridized carbons (Fsp3) is 1.00. The smallest absolute Gasteiger partial charge is 0.113 e. The predicted molar refractivity (Wildman–Crippen MR) is 31.3 cm³/mol. The predicted octanol–water partition coefficient (Wildman–Crippen LogP) is 1.08. The summed E-state index contributed by atoms with van der Waals surface area (Å²) in [6.07, 6.45) is 1.45. The lowest BCUT2D eigenvalue weighted by molar-refractivity contribution is 0.286. The highest BCUT2D eigenvalue weighted by Crippen LogP contribution is 2.33. The van der Waals surface area contributed by atoms with Crippen molar-refractivity contribution in [3.05, 3.63) is 0 Å². The average molecular weight is 117 g/mol. The van der Waals surface area contributed by atoms with Gasteiger partial charge in [-0.25, -0.2) is 4.39 Å². The highest BCUT2D eigenvalue weighted by atomic mass is 19.1. The number of nitrogens with two attached hydrogens (primary N) is 1. The maximum atomic E-state index is 12.3. The molecule has 8 heavy (non-hydrogen) atoms. The first-order valence-corrected chi connectivity index (χ1v) is 3.11. The van der Waals surface area contributed by atoms with Crippen molar-refractivity contribution in [1.82, 2.24) is 0 Å². The summed E-state index contributed by atoms with van der Waals surface area (Å²) in [6.45, 7) is 1.53. The van der Waals surface area contributed by atoms with Crippen LogP contribution in [0.1, 0.15) is 19.8 Å². The van der Waals surface area contributed by atoms with Crippen LogP contribution in [-0.2, 0) is 0 Å². The summed E-state index contributed by atoms with van der Waals surface area (Å²) in [6, 6.07) is -0.185. The summed E-state index contributed by atoms with van der Waals surface area (Å²) in [7, 11) is 0. The van der Waals surface area contributed by atoms with Gasteiger partial charge in [0, 0.05) is 6.04 Å². The van der Waals surface area contributed by atoms with E-state index in [1.807, 2.05) is 0 Å². The molecule has 2 heteroatoms. The van der Waals surface area contributed by atoms with E-state index in [1.54, 1.807) is 0 Å². The Kier molecular flexibility index (Phi) is 1.52. The lowest BCUT2D eigenvalue weighted by Crippen LogP contribution is -2.31. The Balaban J connectivity index is 2.22. The molecule has 0 aliphatic heterocycles. The summed E-state index contributed by atoms with van der Waals surface area (Å²) < 4.78 is 12.3. The van der Waals surface area contributed by atoms with E-state index in [0.717, 1.165) is 12.8 Å². The third kappa shape index (κ3) is 1.19. The van der Waals surface area contributed by atoms with E-state index in [1.165, 1.54) is 6.92 Å². The van der Waals surface area contributed by atoms with Crippen molar-refractivity contribution in [2.45, 2.75) is 32.0 Å². The van der Waals surface area contributed by atoms with Gasteiger partial charge in [-0.15, -0.1) is 0 Å². The Morgan fingerprint density at radius 1 is 1.62 bits per heavy atom. The summed E-state index contributed by atoms with van der Waals surface area (Å²) in [5.41, 5.74) is 5.45. The fourth-order valence-electron chi connectivity index (χ4n) is 0.856. The quantitative estimate of drug-likeness (QED) is 0.575. The molecule has 0 aromatic heterocycles. The van der Waals surface area contributed by atoms with Crippen molar-refractivity contribution < 1.29 is 4.39 Å². The van der Waals surface area contributed by atoms with Gasteiger partial charge in [-0.1, -0.05) is 0 Å². The van der Waals surface area contributed by atoms with Gasteiger partial charge in [0.2, 0.25) is 0 Å². The minimum absolute atomic E-state index is 0.185. The molecule has 0 spiro atoms. The molecule has 2 N–H and O–H groups in total. The molecular formula is C6H12FN. The Bertz CT molecular complexity index is 76.6. The van der Waals surface area contributed by atoms with Crippen LogP contribution in [0, 0.1) is 5.92 Å². The summed E-state index contributed by atoms with van der Waals surface area (Å²) >= 11 is 0. The molecule has 1 aliphatic carbocycles. The van der Waals surface area contributed by atoms with E-state index in [-0.39, 0.29) is 6.04 Å². The van der Waals surface area contributed by atoms with Gasteiger partial charge in [0.25, 0.3) is 0 Å². The van der Waals surface area contributed by atoms with Crippen LogP contribution in [0.3, 0.4) is 0 Å². The maximum Gasteiger partial charge on any atom is 0.113 e. The molecule has 1 saturated carbocycles. The number of alkyl halides is 1. The van der Waals surface area contributed by atoms with Crippen LogP contribution in [0.5, 0.6) is 0 Å². The van der Waals surface area contributed by atoms with Crippen LogP contribution in [0.15, 0.2) is 0 Å². The minimum atomic E-state index is -0.817. The molecule has 48 valence electrons. The lowest BCUT2D eigenvalue weighted by Gasteiger charge is -2.09. The van der Waals surface area contributed by atoms with Crippen molar-refractivity contribution in [2.75, 3.05) is 0 Å². The van der Waals surface area contributed by atoms with Crippen molar-refractivity contribution in [3.63, 3.8) is 0 Å². The number of hydrogen-bond donors (Lipinski definition) is 1. The van der Waals surface area contributed by atoms with Crippen molar-refractivity contribution in [1.29, 1.82) is 0 Å². The second kappa shape index (κ2) is 2.02. The molecule has 0 aromatic carbocycles. The Hall–Kier alpha value is -0.110. The molecule has 1 nitrogen and oxygen atoms in total. The van der Waals surface area contributed by atoms with Gasteiger partial charge in [0.05, 0.1) is 0 Å². The fourth-order valence-corrected chi connectivity index (χ4v) is 0.856. The molecule has 0 amide bonds. The zero-order chi connectivity index (χ0) is 6.15. The van der Waals surface area contributed by atoms with Crippen LogP contribution in [0.25, 0.3) is 0 Å².